The van der Waals surface area contributed by atoms with Crippen LogP contribution in [-0.2, 0) is 13.1 Å². The number of ether oxygens (including phenoxy) is 1. The quantitative estimate of drug-likeness (QED) is 0.692. The van der Waals surface area contributed by atoms with Crippen LogP contribution >= 0.6 is 0 Å². The van der Waals surface area contributed by atoms with Crippen LogP contribution in [0.3, 0.4) is 0 Å². The van der Waals surface area contributed by atoms with E-state index in [1.54, 1.807) is 0 Å². The van der Waals surface area contributed by atoms with Crippen LogP contribution in [0.25, 0.3) is 0 Å². The summed E-state index contributed by atoms with van der Waals surface area (Å²) in [6.45, 7) is 2.64. The first-order chi connectivity index (χ1) is 5.90. The molecule has 0 unspecified atom stereocenters. The summed E-state index contributed by atoms with van der Waals surface area (Å²) in [5.41, 5.74) is 1.05. The highest BCUT2D eigenvalue weighted by molar-refractivity contribution is 5.09. The topological polar surface area (TPSA) is 39.1 Å². The molecule has 0 bridgehead atoms. The van der Waals surface area contributed by atoms with Gasteiger partial charge < -0.3 is 14.6 Å². The molecule has 0 saturated heterocycles. The Morgan fingerprint density at radius 1 is 1.75 bits per heavy atom. The SMILES string of the molecule is CNCc1cn2c(n1)OCCC2. The van der Waals surface area contributed by atoms with E-state index < -0.39 is 0 Å². The molecule has 0 aliphatic carbocycles. The predicted molar refractivity (Wildman–Crippen MR) is 45.1 cm³/mol. The zero-order chi connectivity index (χ0) is 8.39. The smallest absolute Gasteiger partial charge is 0.296 e. The van der Waals surface area contributed by atoms with E-state index in [0.29, 0.717) is 0 Å². The van der Waals surface area contributed by atoms with Crippen molar-refractivity contribution in [3.05, 3.63) is 11.9 Å². The number of rotatable bonds is 2. The number of imidazole rings is 1. The molecular formula is C8H13N3O. The summed E-state index contributed by atoms with van der Waals surface area (Å²) in [7, 11) is 1.92. The lowest BCUT2D eigenvalue weighted by molar-refractivity contribution is 0.231. The third-order valence-corrected chi connectivity index (χ3v) is 1.92. The zero-order valence-electron chi connectivity index (χ0n) is 7.21. The van der Waals surface area contributed by atoms with Crippen LogP contribution in [0.15, 0.2) is 6.20 Å². The highest BCUT2D eigenvalue weighted by Gasteiger charge is 2.12. The highest BCUT2D eigenvalue weighted by atomic mass is 16.5. The van der Waals surface area contributed by atoms with Crippen LogP contribution in [-0.4, -0.2) is 23.2 Å². The van der Waals surface area contributed by atoms with Crippen molar-refractivity contribution in [2.75, 3.05) is 13.7 Å². The monoisotopic (exact) mass is 167 g/mol. The Bertz CT molecular complexity index is 246. The summed E-state index contributed by atoms with van der Waals surface area (Å²) in [6.07, 6.45) is 3.13. The maximum Gasteiger partial charge on any atom is 0.296 e. The van der Waals surface area contributed by atoms with E-state index in [1.807, 2.05) is 13.2 Å². The lowest BCUT2D eigenvalue weighted by Crippen LogP contribution is -2.13. The number of fused-ring (bicyclic) bond motifs is 1. The van der Waals surface area contributed by atoms with E-state index in [-0.39, 0.29) is 0 Å². The first-order valence-corrected chi connectivity index (χ1v) is 4.23. The van der Waals surface area contributed by atoms with Gasteiger partial charge in [-0.15, -0.1) is 0 Å². The normalized spacial score (nSPS) is 15.4. The Morgan fingerprint density at radius 3 is 3.42 bits per heavy atom. The molecule has 0 aromatic carbocycles. The van der Waals surface area contributed by atoms with Gasteiger partial charge in [-0.05, 0) is 13.5 Å². The predicted octanol–water partition coefficient (Wildman–Crippen LogP) is 0.385. The van der Waals surface area contributed by atoms with Crippen LogP contribution in [0.2, 0.25) is 0 Å². The Balaban J connectivity index is 2.20. The Morgan fingerprint density at radius 2 is 2.67 bits per heavy atom. The van der Waals surface area contributed by atoms with Gasteiger partial charge in [-0.3, -0.25) is 0 Å². The Hall–Kier alpha value is -1.03. The van der Waals surface area contributed by atoms with Crippen LogP contribution in [0.5, 0.6) is 6.01 Å². The number of nitrogens with zero attached hydrogens (tertiary/aromatic N) is 2. The number of hydrogen-bond acceptors (Lipinski definition) is 3. The van der Waals surface area contributed by atoms with Gasteiger partial charge in [0.2, 0.25) is 0 Å². The average molecular weight is 167 g/mol. The molecule has 1 aliphatic heterocycles. The van der Waals surface area contributed by atoms with E-state index in [9.17, 15) is 0 Å². The number of aryl methyl sites for hydroxylation is 1. The van der Waals surface area contributed by atoms with Crippen LogP contribution in [0, 0.1) is 0 Å². The molecule has 1 N–H and O–H groups in total. The van der Waals surface area contributed by atoms with Gasteiger partial charge in [0.1, 0.15) is 0 Å². The molecule has 0 spiro atoms. The van der Waals surface area contributed by atoms with Gasteiger partial charge in [0.05, 0.1) is 12.3 Å². The Labute approximate surface area is 71.6 Å². The molecule has 2 rings (SSSR count). The number of aromatic nitrogens is 2. The molecule has 0 radical (unpaired) electrons. The van der Waals surface area contributed by atoms with Crippen molar-refractivity contribution in [3.63, 3.8) is 0 Å². The van der Waals surface area contributed by atoms with Crippen molar-refractivity contribution in [2.24, 2.45) is 0 Å². The molecule has 0 atom stereocenters. The summed E-state index contributed by atoms with van der Waals surface area (Å²) in [5, 5.41) is 3.06. The summed E-state index contributed by atoms with van der Waals surface area (Å²) in [5.74, 6) is 0. The fraction of sp³-hybridized carbons (Fsp3) is 0.625. The fourth-order valence-corrected chi connectivity index (χ4v) is 1.39. The largest absolute Gasteiger partial charge is 0.465 e. The standard InChI is InChI=1S/C8H13N3O/c1-9-5-7-6-11-3-2-4-12-8(11)10-7/h6,9H,2-5H2,1H3. The molecule has 4 nitrogen and oxygen atoms in total. The van der Waals surface area contributed by atoms with Crippen molar-refractivity contribution >= 4 is 0 Å². The molecule has 1 aromatic heterocycles. The zero-order valence-corrected chi connectivity index (χ0v) is 7.21. The lowest BCUT2D eigenvalue weighted by Gasteiger charge is -2.13. The molecule has 0 fully saturated rings. The van der Waals surface area contributed by atoms with Crippen LogP contribution in [0.4, 0.5) is 0 Å². The molecular weight excluding hydrogens is 154 g/mol. The van der Waals surface area contributed by atoms with E-state index >= 15 is 0 Å². The van der Waals surface area contributed by atoms with Crippen LogP contribution in [0.1, 0.15) is 12.1 Å². The molecule has 12 heavy (non-hydrogen) atoms. The van der Waals surface area contributed by atoms with Gasteiger partial charge in [-0.2, -0.15) is 4.98 Å². The van der Waals surface area contributed by atoms with Crippen molar-refractivity contribution in [2.45, 2.75) is 19.5 Å². The maximum absolute atomic E-state index is 5.37. The van der Waals surface area contributed by atoms with Crippen molar-refractivity contribution in [1.82, 2.24) is 14.9 Å². The maximum atomic E-state index is 5.37. The summed E-state index contributed by atoms with van der Waals surface area (Å²) in [6, 6.07) is 0.770. The lowest BCUT2D eigenvalue weighted by atomic mass is 10.4. The van der Waals surface area contributed by atoms with E-state index in [4.69, 9.17) is 4.74 Å². The second-order valence-corrected chi connectivity index (χ2v) is 2.94. The van der Waals surface area contributed by atoms with Gasteiger partial charge in [0.15, 0.2) is 0 Å². The van der Waals surface area contributed by atoms with Gasteiger partial charge in [-0.1, -0.05) is 0 Å². The molecule has 4 heteroatoms. The van der Waals surface area contributed by atoms with Gasteiger partial charge in [-0.25, -0.2) is 0 Å². The van der Waals surface area contributed by atoms with Gasteiger partial charge in [0, 0.05) is 19.3 Å². The first-order valence-electron chi connectivity index (χ1n) is 4.23. The molecule has 0 amide bonds. The number of nitrogens with one attached hydrogen (secondary N) is 1. The van der Waals surface area contributed by atoms with E-state index in [0.717, 1.165) is 37.8 Å². The highest BCUT2D eigenvalue weighted by Crippen LogP contribution is 2.16. The summed E-state index contributed by atoms with van der Waals surface area (Å²) >= 11 is 0. The van der Waals surface area contributed by atoms with Crippen molar-refractivity contribution in [3.8, 4) is 6.01 Å². The minimum atomic E-state index is 0.770. The van der Waals surface area contributed by atoms with Gasteiger partial charge >= 0.3 is 0 Å². The van der Waals surface area contributed by atoms with Crippen LogP contribution < -0.4 is 10.1 Å². The molecule has 2 heterocycles. The minimum absolute atomic E-state index is 0.770. The van der Waals surface area contributed by atoms with Crippen molar-refractivity contribution < 1.29 is 4.74 Å². The number of hydrogen-bond donors (Lipinski definition) is 1. The minimum Gasteiger partial charge on any atom is -0.465 e. The second-order valence-electron chi connectivity index (χ2n) is 2.94. The summed E-state index contributed by atoms with van der Waals surface area (Å²) in [4.78, 5) is 4.32. The third kappa shape index (κ3) is 1.30. The molecule has 1 aromatic rings. The first kappa shape index (κ1) is 7.61. The second kappa shape index (κ2) is 3.15. The molecule has 66 valence electrons. The average Bonchev–Trinajstić information content (AvgIpc) is 2.47. The van der Waals surface area contributed by atoms with Crippen molar-refractivity contribution in [1.29, 1.82) is 0 Å². The van der Waals surface area contributed by atoms with Gasteiger partial charge in [0.25, 0.3) is 6.01 Å². The molecule has 1 aliphatic rings. The molecule has 0 saturated carbocycles. The van der Waals surface area contributed by atoms with E-state index in [1.165, 1.54) is 0 Å². The fourth-order valence-electron chi connectivity index (χ4n) is 1.39. The summed E-state index contributed by atoms with van der Waals surface area (Å²) < 4.78 is 7.44. The Kier molecular flexibility index (Phi) is 1.99. The van der Waals surface area contributed by atoms with E-state index in [2.05, 4.69) is 14.9 Å². The third-order valence-electron chi connectivity index (χ3n) is 1.92.